The summed E-state index contributed by atoms with van der Waals surface area (Å²) in [5.41, 5.74) is 3.25. The molecule has 2 rings (SSSR count). The standard InChI is InChI=1S/C17H21ClN2O/c1-3-7-19-11-15-5-4-6-16(18)17(15)21-12-14-8-13(2)9-20-10-14/h4-6,8-10,19H,3,7,11-12H2,1-2H3. The van der Waals surface area contributed by atoms with Crippen LogP contribution in [0.2, 0.25) is 5.02 Å². The lowest BCUT2D eigenvalue weighted by Crippen LogP contribution is -2.14. The molecule has 112 valence electrons. The molecule has 0 fully saturated rings. The quantitative estimate of drug-likeness (QED) is 0.781. The predicted octanol–water partition coefficient (Wildman–Crippen LogP) is 4.12. The van der Waals surface area contributed by atoms with Crippen molar-refractivity contribution in [1.29, 1.82) is 0 Å². The number of aromatic nitrogens is 1. The summed E-state index contributed by atoms with van der Waals surface area (Å²) >= 11 is 6.27. The van der Waals surface area contributed by atoms with Crippen molar-refractivity contribution in [3.63, 3.8) is 0 Å². The smallest absolute Gasteiger partial charge is 0.142 e. The Morgan fingerprint density at radius 1 is 1.29 bits per heavy atom. The summed E-state index contributed by atoms with van der Waals surface area (Å²) in [6.45, 7) is 6.38. The minimum Gasteiger partial charge on any atom is -0.487 e. The molecule has 3 nitrogen and oxygen atoms in total. The number of hydrogen-bond acceptors (Lipinski definition) is 3. The van der Waals surface area contributed by atoms with Gasteiger partial charge in [0.2, 0.25) is 0 Å². The third-order valence-corrected chi connectivity index (χ3v) is 3.40. The molecule has 0 aliphatic rings. The zero-order chi connectivity index (χ0) is 15.1. The molecule has 0 unspecified atom stereocenters. The molecule has 0 bridgehead atoms. The van der Waals surface area contributed by atoms with Gasteiger partial charge in [0, 0.05) is 30.1 Å². The monoisotopic (exact) mass is 304 g/mol. The molecule has 0 atom stereocenters. The highest BCUT2D eigenvalue weighted by Crippen LogP contribution is 2.29. The minimum atomic E-state index is 0.471. The van der Waals surface area contributed by atoms with Crippen LogP contribution in [0.25, 0.3) is 0 Å². The normalized spacial score (nSPS) is 10.6. The van der Waals surface area contributed by atoms with Crippen LogP contribution in [0.3, 0.4) is 0 Å². The lowest BCUT2D eigenvalue weighted by Gasteiger charge is -2.14. The minimum absolute atomic E-state index is 0.471. The number of rotatable bonds is 7. The molecule has 0 amide bonds. The van der Waals surface area contributed by atoms with Crippen molar-refractivity contribution in [2.45, 2.75) is 33.4 Å². The van der Waals surface area contributed by atoms with E-state index in [-0.39, 0.29) is 0 Å². The maximum absolute atomic E-state index is 6.27. The molecule has 0 aliphatic carbocycles. The number of hydrogen-bond donors (Lipinski definition) is 1. The molecule has 0 aliphatic heterocycles. The van der Waals surface area contributed by atoms with Gasteiger partial charge < -0.3 is 10.1 Å². The van der Waals surface area contributed by atoms with Crippen LogP contribution in [0.5, 0.6) is 5.75 Å². The van der Waals surface area contributed by atoms with Crippen LogP contribution < -0.4 is 10.1 Å². The van der Waals surface area contributed by atoms with E-state index in [1.165, 1.54) is 0 Å². The first-order valence-electron chi connectivity index (χ1n) is 7.22. The van der Waals surface area contributed by atoms with Gasteiger partial charge in [0.25, 0.3) is 0 Å². The summed E-state index contributed by atoms with van der Waals surface area (Å²) in [5, 5.41) is 4.02. The Balaban J connectivity index is 2.07. The summed E-state index contributed by atoms with van der Waals surface area (Å²) in [7, 11) is 0. The van der Waals surface area contributed by atoms with E-state index in [1.54, 1.807) is 0 Å². The first-order valence-corrected chi connectivity index (χ1v) is 7.60. The zero-order valence-electron chi connectivity index (χ0n) is 12.5. The Morgan fingerprint density at radius 2 is 2.14 bits per heavy atom. The number of nitrogens with one attached hydrogen (secondary N) is 1. The summed E-state index contributed by atoms with van der Waals surface area (Å²) in [4.78, 5) is 4.18. The van der Waals surface area contributed by atoms with Gasteiger partial charge in [0.15, 0.2) is 0 Å². The molecule has 1 heterocycles. The number of aryl methyl sites for hydroxylation is 1. The van der Waals surface area contributed by atoms with Crippen molar-refractivity contribution in [2.75, 3.05) is 6.54 Å². The average molecular weight is 305 g/mol. The number of pyridine rings is 1. The maximum atomic E-state index is 6.27. The second-order valence-electron chi connectivity index (χ2n) is 5.06. The predicted molar refractivity (Wildman–Crippen MR) is 86.8 cm³/mol. The third kappa shape index (κ3) is 4.73. The van der Waals surface area contributed by atoms with E-state index >= 15 is 0 Å². The van der Waals surface area contributed by atoms with E-state index in [4.69, 9.17) is 16.3 Å². The second-order valence-corrected chi connectivity index (χ2v) is 5.47. The van der Waals surface area contributed by atoms with E-state index in [0.29, 0.717) is 11.6 Å². The van der Waals surface area contributed by atoms with Gasteiger partial charge in [-0.25, -0.2) is 0 Å². The Hall–Kier alpha value is -1.58. The topological polar surface area (TPSA) is 34.1 Å². The first kappa shape index (κ1) is 15.8. The number of benzene rings is 1. The Bertz CT molecular complexity index is 587. The van der Waals surface area contributed by atoms with Gasteiger partial charge >= 0.3 is 0 Å². The van der Waals surface area contributed by atoms with E-state index in [9.17, 15) is 0 Å². The number of ether oxygens (including phenoxy) is 1. The van der Waals surface area contributed by atoms with E-state index < -0.39 is 0 Å². The van der Waals surface area contributed by atoms with Crippen LogP contribution in [0.4, 0.5) is 0 Å². The molecule has 0 radical (unpaired) electrons. The number of nitrogens with zero attached hydrogens (tertiary/aromatic N) is 1. The Labute approximate surface area is 131 Å². The Morgan fingerprint density at radius 3 is 2.90 bits per heavy atom. The van der Waals surface area contributed by atoms with Gasteiger partial charge in [-0.15, -0.1) is 0 Å². The van der Waals surface area contributed by atoms with Crippen molar-refractivity contribution >= 4 is 11.6 Å². The molecule has 1 aromatic heterocycles. The fraction of sp³-hybridized carbons (Fsp3) is 0.353. The van der Waals surface area contributed by atoms with Crippen LogP contribution in [0.1, 0.15) is 30.0 Å². The maximum Gasteiger partial charge on any atom is 0.142 e. The molecule has 1 N–H and O–H groups in total. The summed E-state index contributed by atoms with van der Waals surface area (Å²) < 4.78 is 5.93. The second kappa shape index (κ2) is 8.01. The summed E-state index contributed by atoms with van der Waals surface area (Å²) in [6, 6.07) is 7.91. The van der Waals surface area contributed by atoms with Crippen LogP contribution in [-0.4, -0.2) is 11.5 Å². The van der Waals surface area contributed by atoms with Crippen LogP contribution in [-0.2, 0) is 13.2 Å². The van der Waals surface area contributed by atoms with Crippen molar-refractivity contribution in [2.24, 2.45) is 0 Å². The molecular weight excluding hydrogens is 284 g/mol. The van der Waals surface area contributed by atoms with Crippen LogP contribution in [0.15, 0.2) is 36.7 Å². The van der Waals surface area contributed by atoms with E-state index in [2.05, 4.69) is 23.3 Å². The molecule has 2 aromatic rings. The van der Waals surface area contributed by atoms with Gasteiger partial charge in [-0.1, -0.05) is 30.7 Å². The van der Waals surface area contributed by atoms with E-state index in [0.717, 1.165) is 42.0 Å². The lowest BCUT2D eigenvalue weighted by molar-refractivity contribution is 0.302. The highest BCUT2D eigenvalue weighted by atomic mass is 35.5. The molecule has 0 saturated carbocycles. The average Bonchev–Trinajstić information content (AvgIpc) is 2.47. The number of halogens is 1. The number of para-hydroxylation sites is 1. The SMILES string of the molecule is CCCNCc1cccc(Cl)c1OCc1cncc(C)c1. The van der Waals surface area contributed by atoms with Gasteiger partial charge in [0.05, 0.1) is 5.02 Å². The highest BCUT2D eigenvalue weighted by Gasteiger charge is 2.08. The zero-order valence-corrected chi connectivity index (χ0v) is 13.3. The van der Waals surface area contributed by atoms with Crippen LogP contribution in [0, 0.1) is 6.92 Å². The van der Waals surface area contributed by atoms with Gasteiger partial charge in [-0.3, -0.25) is 4.98 Å². The molecule has 1 aromatic carbocycles. The van der Waals surface area contributed by atoms with Gasteiger partial charge in [-0.2, -0.15) is 0 Å². The van der Waals surface area contributed by atoms with Gasteiger partial charge in [0.1, 0.15) is 12.4 Å². The van der Waals surface area contributed by atoms with Crippen LogP contribution >= 0.6 is 11.6 Å². The van der Waals surface area contributed by atoms with E-state index in [1.807, 2.05) is 37.5 Å². The lowest BCUT2D eigenvalue weighted by atomic mass is 10.2. The molecule has 0 saturated heterocycles. The third-order valence-electron chi connectivity index (χ3n) is 3.11. The van der Waals surface area contributed by atoms with Gasteiger partial charge in [-0.05, 0) is 37.6 Å². The van der Waals surface area contributed by atoms with Crippen molar-refractivity contribution in [1.82, 2.24) is 10.3 Å². The fourth-order valence-electron chi connectivity index (χ4n) is 2.11. The molecule has 0 spiro atoms. The van der Waals surface area contributed by atoms with Crippen molar-refractivity contribution in [3.8, 4) is 5.75 Å². The highest BCUT2D eigenvalue weighted by molar-refractivity contribution is 6.32. The Kier molecular flexibility index (Phi) is 6.03. The molecule has 4 heteroatoms. The largest absolute Gasteiger partial charge is 0.487 e. The van der Waals surface area contributed by atoms with Crippen molar-refractivity contribution < 1.29 is 4.74 Å². The fourth-order valence-corrected chi connectivity index (χ4v) is 2.35. The first-order chi connectivity index (χ1) is 10.2. The van der Waals surface area contributed by atoms with Crippen molar-refractivity contribution in [3.05, 3.63) is 58.4 Å². The summed E-state index contributed by atoms with van der Waals surface area (Å²) in [6.07, 6.45) is 4.75. The molecule has 21 heavy (non-hydrogen) atoms. The summed E-state index contributed by atoms with van der Waals surface area (Å²) in [5.74, 6) is 0.754. The molecular formula is C17H21ClN2O.